The van der Waals surface area contributed by atoms with Gasteiger partial charge in [-0.15, -0.1) is 0 Å². The molecule has 0 aliphatic heterocycles. The van der Waals surface area contributed by atoms with Crippen molar-refractivity contribution in [2.75, 3.05) is 5.73 Å². The van der Waals surface area contributed by atoms with Crippen LogP contribution in [0.2, 0.25) is 0 Å². The van der Waals surface area contributed by atoms with E-state index in [0.29, 0.717) is 5.69 Å². The van der Waals surface area contributed by atoms with Crippen LogP contribution in [0.5, 0.6) is 0 Å². The average Bonchev–Trinajstić information content (AvgIpc) is 2.87. The number of nitrogens with zero attached hydrogens (tertiary/aromatic N) is 2. The van der Waals surface area contributed by atoms with Crippen molar-refractivity contribution in [3.05, 3.63) is 66.2 Å². The molecule has 1 heterocycles. The van der Waals surface area contributed by atoms with E-state index in [1.807, 2.05) is 60.7 Å². The van der Waals surface area contributed by atoms with Gasteiger partial charge in [0, 0.05) is 5.56 Å². The van der Waals surface area contributed by atoms with E-state index in [-0.39, 0.29) is 11.4 Å². The number of anilines is 1. The molecular formula is C16H14N4O. The van der Waals surface area contributed by atoms with E-state index in [2.05, 4.69) is 5.10 Å². The molecule has 1 aromatic heterocycles. The van der Waals surface area contributed by atoms with Gasteiger partial charge in [-0.3, -0.25) is 4.79 Å². The number of hydrogen-bond donors (Lipinski definition) is 2. The monoisotopic (exact) mass is 278 g/mol. The molecule has 0 radical (unpaired) electrons. The first-order valence-electron chi connectivity index (χ1n) is 6.47. The maximum Gasteiger partial charge on any atom is 0.254 e. The number of amides is 1. The third-order valence-electron chi connectivity index (χ3n) is 3.22. The minimum absolute atomic E-state index is 0.241. The van der Waals surface area contributed by atoms with Crippen molar-refractivity contribution in [3.8, 4) is 16.9 Å². The Labute approximate surface area is 121 Å². The maximum absolute atomic E-state index is 11.7. The summed E-state index contributed by atoms with van der Waals surface area (Å²) in [5.41, 5.74) is 13.9. The van der Waals surface area contributed by atoms with Gasteiger partial charge in [-0.2, -0.15) is 5.10 Å². The van der Waals surface area contributed by atoms with Gasteiger partial charge in [-0.1, -0.05) is 48.5 Å². The molecule has 0 saturated carbocycles. The molecule has 0 aliphatic carbocycles. The number of rotatable bonds is 3. The molecule has 4 N–H and O–H groups in total. The van der Waals surface area contributed by atoms with E-state index in [0.717, 1.165) is 11.3 Å². The van der Waals surface area contributed by atoms with Crippen molar-refractivity contribution in [1.82, 2.24) is 9.78 Å². The van der Waals surface area contributed by atoms with Gasteiger partial charge in [-0.25, -0.2) is 4.68 Å². The van der Waals surface area contributed by atoms with E-state index in [4.69, 9.17) is 11.5 Å². The normalized spacial score (nSPS) is 10.5. The predicted molar refractivity (Wildman–Crippen MR) is 81.9 cm³/mol. The fourth-order valence-corrected chi connectivity index (χ4v) is 2.24. The quantitative estimate of drug-likeness (QED) is 0.770. The van der Waals surface area contributed by atoms with Crippen molar-refractivity contribution in [1.29, 1.82) is 0 Å². The highest BCUT2D eigenvalue weighted by atomic mass is 16.1. The molecule has 0 fully saturated rings. The lowest BCUT2D eigenvalue weighted by Crippen LogP contribution is -2.14. The lowest BCUT2D eigenvalue weighted by molar-refractivity contribution is 0.100. The van der Waals surface area contributed by atoms with Crippen molar-refractivity contribution < 1.29 is 4.79 Å². The largest absolute Gasteiger partial charge is 0.383 e. The van der Waals surface area contributed by atoms with Gasteiger partial charge in [0.15, 0.2) is 0 Å². The summed E-state index contributed by atoms with van der Waals surface area (Å²) in [5.74, 6) is -0.346. The molecule has 104 valence electrons. The Balaban J connectivity index is 2.24. The highest BCUT2D eigenvalue weighted by molar-refractivity contribution is 6.03. The summed E-state index contributed by atoms with van der Waals surface area (Å²) in [6.07, 6.45) is 0. The fourth-order valence-electron chi connectivity index (χ4n) is 2.24. The van der Waals surface area contributed by atoms with Crippen molar-refractivity contribution in [2.24, 2.45) is 5.73 Å². The zero-order valence-corrected chi connectivity index (χ0v) is 11.2. The molecule has 0 bridgehead atoms. The number of aromatic nitrogens is 2. The van der Waals surface area contributed by atoms with Gasteiger partial charge in [0.2, 0.25) is 0 Å². The molecule has 3 rings (SSSR count). The summed E-state index contributed by atoms with van der Waals surface area (Å²) >= 11 is 0. The second kappa shape index (κ2) is 5.13. The van der Waals surface area contributed by atoms with Crippen molar-refractivity contribution in [2.45, 2.75) is 0 Å². The van der Waals surface area contributed by atoms with E-state index in [1.165, 1.54) is 4.68 Å². The molecule has 0 aliphatic rings. The Kier molecular flexibility index (Phi) is 3.16. The minimum Gasteiger partial charge on any atom is -0.383 e. The van der Waals surface area contributed by atoms with Crippen molar-refractivity contribution in [3.63, 3.8) is 0 Å². The lowest BCUT2D eigenvalue weighted by Gasteiger charge is -2.03. The number of carbonyl (C=O) groups is 1. The molecule has 0 atom stereocenters. The Bertz CT molecular complexity index is 779. The van der Waals surface area contributed by atoms with Gasteiger partial charge >= 0.3 is 0 Å². The molecule has 0 saturated heterocycles. The van der Waals surface area contributed by atoms with E-state index >= 15 is 0 Å². The topological polar surface area (TPSA) is 86.9 Å². The number of primary amides is 1. The SMILES string of the molecule is NC(=O)c1c(-c2ccccc2)nn(-c2ccccc2)c1N. The summed E-state index contributed by atoms with van der Waals surface area (Å²) in [4.78, 5) is 11.7. The Morgan fingerprint density at radius 1 is 0.952 bits per heavy atom. The predicted octanol–water partition coefficient (Wildman–Crippen LogP) is 2.22. The molecule has 2 aromatic carbocycles. The molecule has 5 nitrogen and oxygen atoms in total. The Hall–Kier alpha value is -3.08. The summed E-state index contributed by atoms with van der Waals surface area (Å²) in [7, 11) is 0. The molecular weight excluding hydrogens is 264 g/mol. The third kappa shape index (κ3) is 2.25. The third-order valence-corrected chi connectivity index (χ3v) is 3.22. The second-order valence-electron chi connectivity index (χ2n) is 4.59. The number of nitrogens with two attached hydrogens (primary N) is 2. The van der Waals surface area contributed by atoms with Gasteiger partial charge in [-0.05, 0) is 12.1 Å². The van der Waals surface area contributed by atoms with Crippen LogP contribution in [0, 0.1) is 0 Å². The van der Waals surface area contributed by atoms with Crippen LogP contribution in [0.4, 0.5) is 5.82 Å². The van der Waals surface area contributed by atoms with E-state index in [1.54, 1.807) is 0 Å². The van der Waals surface area contributed by atoms with Gasteiger partial charge in [0.1, 0.15) is 17.1 Å². The van der Waals surface area contributed by atoms with Crippen LogP contribution in [0.1, 0.15) is 10.4 Å². The number of para-hydroxylation sites is 1. The summed E-state index contributed by atoms with van der Waals surface area (Å²) in [6, 6.07) is 18.8. The number of hydrogen-bond acceptors (Lipinski definition) is 3. The van der Waals surface area contributed by atoms with Crippen LogP contribution < -0.4 is 11.5 Å². The molecule has 0 unspecified atom stereocenters. The zero-order valence-electron chi connectivity index (χ0n) is 11.2. The van der Waals surface area contributed by atoms with Crippen molar-refractivity contribution >= 4 is 11.7 Å². The van der Waals surface area contributed by atoms with E-state index < -0.39 is 5.91 Å². The lowest BCUT2D eigenvalue weighted by atomic mass is 10.1. The Morgan fingerprint density at radius 3 is 2.10 bits per heavy atom. The van der Waals surface area contributed by atoms with Crippen LogP contribution >= 0.6 is 0 Å². The summed E-state index contributed by atoms with van der Waals surface area (Å²) < 4.78 is 1.53. The van der Waals surface area contributed by atoms with Gasteiger partial charge < -0.3 is 11.5 Å². The maximum atomic E-state index is 11.7. The fraction of sp³-hybridized carbons (Fsp3) is 0. The molecule has 0 spiro atoms. The second-order valence-corrected chi connectivity index (χ2v) is 4.59. The van der Waals surface area contributed by atoms with Crippen LogP contribution in [-0.4, -0.2) is 15.7 Å². The molecule has 5 heteroatoms. The number of nitrogen functional groups attached to an aromatic ring is 1. The molecule has 21 heavy (non-hydrogen) atoms. The zero-order chi connectivity index (χ0) is 14.8. The highest BCUT2D eigenvalue weighted by Gasteiger charge is 2.21. The van der Waals surface area contributed by atoms with Crippen LogP contribution in [-0.2, 0) is 0 Å². The first kappa shape index (κ1) is 12.9. The molecule has 1 amide bonds. The van der Waals surface area contributed by atoms with Gasteiger partial charge in [0.25, 0.3) is 5.91 Å². The van der Waals surface area contributed by atoms with E-state index in [9.17, 15) is 4.79 Å². The number of benzene rings is 2. The first-order valence-corrected chi connectivity index (χ1v) is 6.47. The minimum atomic E-state index is -0.589. The highest BCUT2D eigenvalue weighted by Crippen LogP contribution is 2.28. The summed E-state index contributed by atoms with van der Waals surface area (Å²) in [6.45, 7) is 0. The van der Waals surface area contributed by atoms with Crippen LogP contribution in [0.25, 0.3) is 16.9 Å². The Morgan fingerprint density at radius 2 is 1.52 bits per heavy atom. The summed E-state index contributed by atoms with van der Waals surface area (Å²) in [5, 5.41) is 4.46. The van der Waals surface area contributed by atoms with Gasteiger partial charge in [0.05, 0.1) is 5.69 Å². The standard InChI is InChI=1S/C16H14N4O/c17-15-13(16(18)21)14(11-7-3-1-4-8-11)19-20(15)12-9-5-2-6-10-12/h1-10H,17H2,(H2,18,21). The molecule has 3 aromatic rings. The first-order chi connectivity index (χ1) is 10.2. The smallest absolute Gasteiger partial charge is 0.254 e. The average molecular weight is 278 g/mol. The number of carbonyl (C=O) groups excluding carboxylic acids is 1. The van der Waals surface area contributed by atoms with Crippen LogP contribution in [0.15, 0.2) is 60.7 Å². The van der Waals surface area contributed by atoms with Crippen LogP contribution in [0.3, 0.4) is 0 Å².